The second-order valence-corrected chi connectivity index (χ2v) is 7.74. The van der Waals surface area contributed by atoms with Crippen LogP contribution in [-0.4, -0.2) is 32.2 Å². The lowest BCUT2D eigenvalue weighted by Crippen LogP contribution is -2.08. The number of benzene rings is 3. The first kappa shape index (κ1) is 19.7. The third-order valence-electron chi connectivity index (χ3n) is 5.60. The Morgan fingerprint density at radius 1 is 0.967 bits per heavy atom. The van der Waals surface area contributed by atoms with E-state index in [9.17, 15) is 9.90 Å². The van der Waals surface area contributed by atoms with Crippen molar-refractivity contribution >= 4 is 22.6 Å². The minimum absolute atomic E-state index is 0.285. The summed E-state index contributed by atoms with van der Waals surface area (Å²) in [6.07, 6.45) is 0. The van der Waals surface area contributed by atoms with Crippen LogP contribution in [0.5, 0.6) is 0 Å². The molecule has 0 radical (unpaired) electrons. The highest BCUT2D eigenvalue weighted by Gasteiger charge is 2.22. The summed E-state index contributed by atoms with van der Waals surface area (Å²) in [5, 5.41) is 11.6. The van der Waals surface area contributed by atoms with E-state index in [1.165, 1.54) is 0 Å². The Morgan fingerprint density at radius 2 is 1.70 bits per heavy atom. The zero-order chi connectivity index (χ0) is 21.6. The van der Waals surface area contributed by atoms with Gasteiger partial charge in [-0.25, -0.2) is 4.79 Å². The summed E-state index contributed by atoms with van der Waals surface area (Å²) < 4.78 is 6.26. The van der Waals surface area contributed by atoms with Crippen LogP contribution in [0.2, 0.25) is 0 Å². The first-order valence-electron chi connectivity index (χ1n) is 9.76. The SMILES string of the molecule is CN=c1ccc2c(-c3cc(C)c(C)cc3C(=O)O)c3ccc(N(C)C)cc3oc-2c1. The molecule has 5 heteroatoms. The minimum atomic E-state index is -0.944. The largest absolute Gasteiger partial charge is 0.478 e. The summed E-state index contributed by atoms with van der Waals surface area (Å²) >= 11 is 0. The zero-order valence-electron chi connectivity index (χ0n) is 17.8. The van der Waals surface area contributed by atoms with Crippen molar-refractivity contribution in [3.05, 3.63) is 70.6 Å². The van der Waals surface area contributed by atoms with Crippen LogP contribution in [0.3, 0.4) is 0 Å². The van der Waals surface area contributed by atoms with Gasteiger partial charge in [-0.1, -0.05) is 6.07 Å². The van der Waals surface area contributed by atoms with Crippen LogP contribution >= 0.6 is 0 Å². The minimum Gasteiger partial charge on any atom is -0.478 e. The number of hydrogen-bond acceptors (Lipinski definition) is 4. The van der Waals surface area contributed by atoms with Gasteiger partial charge in [0.25, 0.3) is 0 Å². The zero-order valence-corrected chi connectivity index (χ0v) is 17.8. The van der Waals surface area contributed by atoms with Gasteiger partial charge in [0.1, 0.15) is 11.3 Å². The quantitative estimate of drug-likeness (QED) is 0.485. The summed E-state index contributed by atoms with van der Waals surface area (Å²) in [6, 6.07) is 15.5. The van der Waals surface area contributed by atoms with E-state index in [2.05, 4.69) is 4.99 Å². The number of aromatic carboxylic acids is 1. The van der Waals surface area contributed by atoms with E-state index < -0.39 is 5.97 Å². The molecule has 1 N–H and O–H groups in total. The van der Waals surface area contributed by atoms with E-state index in [-0.39, 0.29) is 5.56 Å². The maximum Gasteiger partial charge on any atom is 0.336 e. The highest BCUT2D eigenvalue weighted by atomic mass is 16.4. The fourth-order valence-electron chi connectivity index (χ4n) is 3.77. The number of fused-ring (bicyclic) bond motifs is 2. The molecule has 30 heavy (non-hydrogen) atoms. The molecule has 0 bridgehead atoms. The Morgan fingerprint density at radius 3 is 2.37 bits per heavy atom. The van der Waals surface area contributed by atoms with Crippen LogP contribution in [0.4, 0.5) is 5.69 Å². The lowest BCUT2D eigenvalue weighted by Gasteiger charge is -2.19. The van der Waals surface area contributed by atoms with E-state index in [1.807, 2.05) is 75.3 Å². The van der Waals surface area contributed by atoms with E-state index >= 15 is 0 Å². The van der Waals surface area contributed by atoms with Gasteiger partial charge in [0.05, 0.1) is 10.9 Å². The molecule has 2 aromatic carbocycles. The highest BCUT2D eigenvalue weighted by Crippen LogP contribution is 2.42. The second kappa shape index (κ2) is 7.34. The monoisotopic (exact) mass is 400 g/mol. The summed E-state index contributed by atoms with van der Waals surface area (Å²) in [6.45, 7) is 3.93. The molecule has 0 amide bonds. The lowest BCUT2D eigenvalue weighted by molar-refractivity contribution is 0.0697. The van der Waals surface area contributed by atoms with Gasteiger partial charge in [-0.05, 0) is 60.9 Å². The summed E-state index contributed by atoms with van der Waals surface area (Å²) in [7, 11) is 5.69. The van der Waals surface area contributed by atoms with Crippen molar-refractivity contribution < 1.29 is 14.3 Å². The highest BCUT2D eigenvalue weighted by molar-refractivity contribution is 6.08. The molecule has 4 rings (SSSR count). The molecule has 1 aliphatic heterocycles. The molecule has 0 saturated heterocycles. The van der Waals surface area contributed by atoms with Crippen molar-refractivity contribution in [2.24, 2.45) is 4.99 Å². The van der Waals surface area contributed by atoms with Crippen LogP contribution in [0.25, 0.3) is 33.4 Å². The average molecular weight is 400 g/mol. The molecular weight excluding hydrogens is 376 g/mol. The van der Waals surface area contributed by atoms with Gasteiger partial charge in [0.2, 0.25) is 0 Å². The summed E-state index contributed by atoms with van der Waals surface area (Å²) in [5.41, 5.74) is 6.40. The number of carboxylic acids is 1. The molecule has 0 aromatic heterocycles. The topological polar surface area (TPSA) is 66.0 Å². The Labute approximate surface area is 175 Å². The van der Waals surface area contributed by atoms with Gasteiger partial charge in [0.15, 0.2) is 0 Å². The molecule has 1 heterocycles. The lowest BCUT2D eigenvalue weighted by atomic mass is 9.88. The first-order valence-corrected chi connectivity index (χ1v) is 9.76. The van der Waals surface area contributed by atoms with E-state index in [4.69, 9.17) is 4.42 Å². The van der Waals surface area contributed by atoms with Crippen molar-refractivity contribution in [3.63, 3.8) is 0 Å². The predicted octanol–water partition coefficient (Wildman–Crippen LogP) is 5.12. The third-order valence-corrected chi connectivity index (χ3v) is 5.60. The Kier molecular flexibility index (Phi) is 4.82. The van der Waals surface area contributed by atoms with Crippen molar-refractivity contribution in [2.45, 2.75) is 13.8 Å². The molecule has 5 nitrogen and oxygen atoms in total. The molecule has 0 atom stereocenters. The van der Waals surface area contributed by atoms with Gasteiger partial charge in [-0.2, -0.15) is 0 Å². The van der Waals surface area contributed by atoms with Crippen LogP contribution in [0.1, 0.15) is 21.5 Å². The number of nitrogens with zero attached hydrogens (tertiary/aromatic N) is 2. The van der Waals surface area contributed by atoms with Crippen LogP contribution in [0, 0.1) is 13.8 Å². The van der Waals surface area contributed by atoms with Crippen molar-refractivity contribution in [1.29, 1.82) is 0 Å². The van der Waals surface area contributed by atoms with Crippen LogP contribution in [0.15, 0.2) is 57.9 Å². The van der Waals surface area contributed by atoms with Gasteiger partial charge in [-0.15, -0.1) is 0 Å². The smallest absolute Gasteiger partial charge is 0.336 e. The molecule has 0 saturated carbocycles. The predicted molar refractivity (Wildman–Crippen MR) is 121 cm³/mol. The maximum absolute atomic E-state index is 12.1. The van der Waals surface area contributed by atoms with Crippen LogP contribution in [-0.2, 0) is 0 Å². The van der Waals surface area contributed by atoms with Gasteiger partial charge in [-0.3, -0.25) is 4.99 Å². The number of rotatable bonds is 3. The van der Waals surface area contributed by atoms with Crippen molar-refractivity contribution in [2.75, 3.05) is 26.0 Å². The molecular formula is C25H24N2O3. The van der Waals surface area contributed by atoms with Gasteiger partial charge >= 0.3 is 5.97 Å². The molecule has 1 aliphatic carbocycles. The number of anilines is 1. The first-order chi connectivity index (χ1) is 14.3. The fraction of sp³-hybridized carbons (Fsp3) is 0.200. The second-order valence-electron chi connectivity index (χ2n) is 7.74. The van der Waals surface area contributed by atoms with E-state index in [0.717, 1.165) is 38.7 Å². The average Bonchev–Trinajstić information content (AvgIpc) is 2.72. The van der Waals surface area contributed by atoms with Gasteiger partial charge < -0.3 is 14.4 Å². The Balaban J connectivity index is 2.20. The van der Waals surface area contributed by atoms with Crippen LogP contribution < -0.4 is 10.3 Å². The molecule has 0 unspecified atom stereocenters. The Bertz CT molecular complexity index is 1330. The number of carboxylic acid groups (broad SMARTS) is 1. The summed E-state index contributed by atoms with van der Waals surface area (Å²) in [5.74, 6) is -0.272. The molecule has 2 aliphatic rings. The van der Waals surface area contributed by atoms with E-state index in [1.54, 1.807) is 13.1 Å². The molecule has 0 fully saturated rings. The standard InChI is InChI=1S/C25H24N2O3/c1-14-10-20(21(25(28)29)11-15(14)2)24-18-8-6-16(26-3)12-22(18)30-23-13-17(27(4)5)7-9-19(23)24/h6-13H,1-5H3,(H,28,29). The number of hydrogen-bond donors (Lipinski definition) is 1. The molecule has 2 aromatic rings. The fourth-order valence-corrected chi connectivity index (χ4v) is 3.77. The van der Waals surface area contributed by atoms with Crippen molar-refractivity contribution in [3.8, 4) is 22.5 Å². The third kappa shape index (κ3) is 3.22. The molecule has 0 spiro atoms. The normalized spacial score (nSPS) is 12.0. The summed E-state index contributed by atoms with van der Waals surface area (Å²) in [4.78, 5) is 18.4. The van der Waals surface area contributed by atoms with Gasteiger partial charge in [0, 0.05) is 55.5 Å². The number of carbonyl (C=O) groups is 1. The Hall–Kier alpha value is -3.60. The maximum atomic E-state index is 12.1. The van der Waals surface area contributed by atoms with E-state index in [0.29, 0.717) is 16.9 Å². The molecule has 152 valence electrons. The number of aryl methyl sites for hydroxylation is 2. The van der Waals surface area contributed by atoms with Crippen molar-refractivity contribution in [1.82, 2.24) is 0 Å².